The van der Waals surface area contributed by atoms with Gasteiger partial charge in [-0.25, -0.2) is 0 Å². The molecule has 1 saturated heterocycles. The first-order valence-electron chi connectivity index (χ1n) is 6.28. The van der Waals surface area contributed by atoms with E-state index in [1.165, 1.54) is 0 Å². The standard InChI is InChI=1S/C14H20N2O2/c1-14(7-4-8-15-14)13(17)16-12-6-3-5-11(9-12)10-18-2/h3,5-6,9,15H,4,7-8,10H2,1-2H3,(H,16,17). The van der Waals surface area contributed by atoms with Gasteiger partial charge in [0, 0.05) is 12.8 Å². The molecule has 4 heteroatoms. The van der Waals surface area contributed by atoms with E-state index in [9.17, 15) is 4.79 Å². The lowest BCUT2D eigenvalue weighted by Crippen LogP contribution is -2.47. The molecule has 0 spiro atoms. The van der Waals surface area contributed by atoms with Gasteiger partial charge >= 0.3 is 0 Å². The molecule has 1 aromatic rings. The van der Waals surface area contributed by atoms with Gasteiger partial charge < -0.3 is 15.4 Å². The van der Waals surface area contributed by atoms with Crippen molar-refractivity contribution in [3.05, 3.63) is 29.8 Å². The maximum atomic E-state index is 12.2. The summed E-state index contributed by atoms with van der Waals surface area (Å²) in [7, 11) is 1.66. The molecule has 18 heavy (non-hydrogen) atoms. The van der Waals surface area contributed by atoms with Crippen LogP contribution in [0.3, 0.4) is 0 Å². The highest BCUT2D eigenvalue weighted by Gasteiger charge is 2.35. The van der Waals surface area contributed by atoms with E-state index in [2.05, 4.69) is 10.6 Å². The van der Waals surface area contributed by atoms with Gasteiger partial charge in [-0.3, -0.25) is 4.79 Å². The smallest absolute Gasteiger partial charge is 0.244 e. The molecule has 1 heterocycles. The second kappa shape index (κ2) is 5.50. The van der Waals surface area contributed by atoms with E-state index in [0.717, 1.165) is 30.6 Å². The van der Waals surface area contributed by atoms with E-state index < -0.39 is 5.54 Å². The van der Waals surface area contributed by atoms with Gasteiger partial charge in [-0.15, -0.1) is 0 Å². The second-order valence-corrected chi connectivity index (χ2v) is 4.95. The van der Waals surface area contributed by atoms with Gasteiger partial charge in [0.25, 0.3) is 0 Å². The van der Waals surface area contributed by atoms with Gasteiger partial charge in [0.2, 0.25) is 5.91 Å². The van der Waals surface area contributed by atoms with Crippen LogP contribution in [-0.2, 0) is 16.1 Å². The van der Waals surface area contributed by atoms with Crippen LogP contribution in [0.25, 0.3) is 0 Å². The van der Waals surface area contributed by atoms with Gasteiger partial charge in [0.15, 0.2) is 0 Å². The summed E-state index contributed by atoms with van der Waals surface area (Å²) >= 11 is 0. The minimum absolute atomic E-state index is 0.0366. The molecule has 1 atom stereocenters. The minimum Gasteiger partial charge on any atom is -0.380 e. The zero-order valence-electron chi connectivity index (χ0n) is 11.0. The summed E-state index contributed by atoms with van der Waals surface area (Å²) in [6.07, 6.45) is 1.93. The molecule has 1 fully saturated rings. The van der Waals surface area contributed by atoms with Crippen LogP contribution < -0.4 is 10.6 Å². The normalized spacial score (nSPS) is 23.0. The van der Waals surface area contributed by atoms with Crippen molar-refractivity contribution in [2.24, 2.45) is 0 Å². The molecule has 1 unspecified atom stereocenters. The molecular weight excluding hydrogens is 228 g/mol. The number of anilines is 1. The van der Waals surface area contributed by atoms with Crippen LogP contribution in [0, 0.1) is 0 Å². The summed E-state index contributed by atoms with van der Waals surface area (Å²) in [5.74, 6) is 0.0366. The Labute approximate surface area is 108 Å². The Morgan fingerprint density at radius 3 is 3.06 bits per heavy atom. The molecule has 0 radical (unpaired) electrons. The second-order valence-electron chi connectivity index (χ2n) is 4.95. The number of benzene rings is 1. The monoisotopic (exact) mass is 248 g/mol. The molecule has 2 rings (SSSR count). The van der Waals surface area contributed by atoms with Gasteiger partial charge in [0.05, 0.1) is 12.1 Å². The average Bonchev–Trinajstić information content (AvgIpc) is 2.78. The number of methoxy groups -OCH3 is 1. The van der Waals surface area contributed by atoms with E-state index >= 15 is 0 Å². The van der Waals surface area contributed by atoms with Crippen molar-refractivity contribution in [1.29, 1.82) is 0 Å². The highest BCUT2D eigenvalue weighted by molar-refractivity contribution is 5.98. The van der Waals surface area contributed by atoms with Crippen LogP contribution in [0.1, 0.15) is 25.3 Å². The van der Waals surface area contributed by atoms with Crippen LogP contribution in [0.2, 0.25) is 0 Å². The lowest BCUT2D eigenvalue weighted by Gasteiger charge is -2.23. The maximum absolute atomic E-state index is 12.2. The van der Waals surface area contributed by atoms with Crippen molar-refractivity contribution in [3.8, 4) is 0 Å². The number of amides is 1. The maximum Gasteiger partial charge on any atom is 0.244 e. The number of carbonyl (C=O) groups is 1. The molecule has 1 aliphatic heterocycles. The number of carbonyl (C=O) groups excluding carboxylic acids is 1. The van der Waals surface area contributed by atoms with Crippen molar-refractivity contribution >= 4 is 11.6 Å². The molecule has 2 N–H and O–H groups in total. The third kappa shape index (κ3) is 2.89. The zero-order valence-corrected chi connectivity index (χ0v) is 11.0. The molecule has 4 nitrogen and oxygen atoms in total. The fourth-order valence-electron chi connectivity index (χ4n) is 2.26. The first-order chi connectivity index (χ1) is 8.64. The first-order valence-corrected chi connectivity index (χ1v) is 6.28. The highest BCUT2D eigenvalue weighted by Crippen LogP contribution is 2.21. The Bertz CT molecular complexity index is 426. The summed E-state index contributed by atoms with van der Waals surface area (Å²) < 4.78 is 5.08. The van der Waals surface area contributed by atoms with Crippen LogP contribution in [0.15, 0.2) is 24.3 Å². The summed E-state index contributed by atoms with van der Waals surface area (Å²) in [5.41, 5.74) is 1.45. The fraction of sp³-hybridized carbons (Fsp3) is 0.500. The van der Waals surface area contributed by atoms with Gasteiger partial charge in [-0.2, -0.15) is 0 Å². The van der Waals surface area contributed by atoms with Crippen LogP contribution >= 0.6 is 0 Å². The summed E-state index contributed by atoms with van der Waals surface area (Å²) in [6.45, 7) is 3.42. The molecule has 98 valence electrons. The quantitative estimate of drug-likeness (QED) is 0.856. The highest BCUT2D eigenvalue weighted by atomic mass is 16.5. The molecule has 0 aromatic heterocycles. The van der Waals surface area contributed by atoms with E-state index in [-0.39, 0.29) is 5.91 Å². The van der Waals surface area contributed by atoms with Crippen molar-refractivity contribution in [3.63, 3.8) is 0 Å². The molecule has 1 aliphatic rings. The Kier molecular flexibility index (Phi) is 3.99. The third-order valence-corrected chi connectivity index (χ3v) is 3.37. The topological polar surface area (TPSA) is 50.4 Å². The lowest BCUT2D eigenvalue weighted by atomic mass is 9.99. The van der Waals surface area contributed by atoms with Crippen molar-refractivity contribution in [1.82, 2.24) is 5.32 Å². The summed E-state index contributed by atoms with van der Waals surface area (Å²) in [5, 5.41) is 6.22. The van der Waals surface area contributed by atoms with Crippen molar-refractivity contribution in [2.45, 2.75) is 31.9 Å². The summed E-state index contributed by atoms with van der Waals surface area (Å²) in [4.78, 5) is 12.2. The number of rotatable bonds is 4. The van der Waals surface area contributed by atoms with Crippen LogP contribution in [-0.4, -0.2) is 25.1 Å². The molecule has 0 bridgehead atoms. The number of hydrogen-bond acceptors (Lipinski definition) is 3. The van der Waals surface area contributed by atoms with Crippen LogP contribution in [0.4, 0.5) is 5.69 Å². The summed E-state index contributed by atoms with van der Waals surface area (Å²) in [6, 6.07) is 7.75. The SMILES string of the molecule is COCc1cccc(NC(=O)C2(C)CCCN2)c1. The fourth-order valence-corrected chi connectivity index (χ4v) is 2.26. The first kappa shape index (κ1) is 13.1. The third-order valence-electron chi connectivity index (χ3n) is 3.37. The Hall–Kier alpha value is -1.39. The van der Waals surface area contributed by atoms with E-state index in [1.807, 2.05) is 31.2 Å². The zero-order chi connectivity index (χ0) is 13.0. The predicted octanol–water partition coefficient (Wildman–Crippen LogP) is 1.91. The Morgan fingerprint density at radius 2 is 2.39 bits per heavy atom. The lowest BCUT2D eigenvalue weighted by molar-refractivity contribution is -0.121. The van der Waals surface area contributed by atoms with E-state index in [4.69, 9.17) is 4.74 Å². The van der Waals surface area contributed by atoms with E-state index in [0.29, 0.717) is 6.61 Å². The Morgan fingerprint density at radius 1 is 1.56 bits per heavy atom. The minimum atomic E-state index is -0.433. The molecule has 0 aliphatic carbocycles. The van der Waals surface area contributed by atoms with Crippen LogP contribution in [0.5, 0.6) is 0 Å². The Balaban J connectivity index is 2.04. The number of nitrogens with one attached hydrogen (secondary N) is 2. The van der Waals surface area contributed by atoms with Crippen molar-refractivity contribution < 1.29 is 9.53 Å². The van der Waals surface area contributed by atoms with E-state index in [1.54, 1.807) is 7.11 Å². The van der Waals surface area contributed by atoms with Crippen molar-refractivity contribution in [2.75, 3.05) is 19.0 Å². The largest absolute Gasteiger partial charge is 0.380 e. The molecule has 1 aromatic carbocycles. The van der Waals surface area contributed by atoms with Gasteiger partial charge in [0.1, 0.15) is 0 Å². The predicted molar refractivity (Wildman–Crippen MR) is 71.4 cm³/mol. The molecule has 0 saturated carbocycles. The molecular formula is C14H20N2O2. The van der Waals surface area contributed by atoms with Gasteiger partial charge in [-0.1, -0.05) is 12.1 Å². The number of hydrogen-bond donors (Lipinski definition) is 2. The van der Waals surface area contributed by atoms with Gasteiger partial charge in [-0.05, 0) is 44.0 Å². The molecule has 1 amide bonds. The average molecular weight is 248 g/mol. The number of ether oxygens (including phenoxy) is 1.